The fourth-order valence-electron chi connectivity index (χ4n) is 5.39. The number of aryl methyl sites for hydroxylation is 1. The molecule has 0 unspecified atom stereocenters. The predicted octanol–water partition coefficient (Wildman–Crippen LogP) is 4.68. The van der Waals surface area contributed by atoms with Crippen LogP contribution in [0.3, 0.4) is 0 Å². The normalized spacial score (nSPS) is 21.2. The Morgan fingerprint density at radius 3 is 2.69 bits per heavy atom. The van der Waals surface area contributed by atoms with Crippen LogP contribution in [0.5, 0.6) is 0 Å². The Bertz CT molecular complexity index is 1360. The zero-order chi connectivity index (χ0) is 25.0. The van der Waals surface area contributed by atoms with Crippen molar-refractivity contribution in [1.29, 1.82) is 0 Å². The molecular formula is C26H32N4O4S. The minimum Gasteiger partial charge on any atom is -0.510 e. The van der Waals surface area contributed by atoms with Gasteiger partial charge < -0.3 is 24.6 Å². The number of piperidine rings is 1. The molecule has 9 heteroatoms. The van der Waals surface area contributed by atoms with Crippen molar-refractivity contribution in [2.45, 2.75) is 45.6 Å². The van der Waals surface area contributed by atoms with Crippen molar-refractivity contribution in [1.82, 2.24) is 13.8 Å². The molecule has 0 radical (unpaired) electrons. The summed E-state index contributed by atoms with van der Waals surface area (Å²) >= 11 is 0. The van der Waals surface area contributed by atoms with Crippen molar-refractivity contribution in [2.75, 3.05) is 25.5 Å². The summed E-state index contributed by atoms with van der Waals surface area (Å²) in [6, 6.07) is 10.6. The monoisotopic (exact) mass is 496 g/mol. The van der Waals surface area contributed by atoms with Gasteiger partial charge in [0, 0.05) is 32.0 Å². The van der Waals surface area contributed by atoms with Gasteiger partial charge in [-0.25, -0.2) is 8.42 Å². The second kappa shape index (κ2) is 8.49. The average Bonchev–Trinajstić information content (AvgIpc) is 3.44. The molecule has 5 rings (SSSR count). The van der Waals surface area contributed by atoms with E-state index in [-0.39, 0.29) is 16.3 Å². The number of nitrogens with zero attached hydrogens (tertiary/aromatic N) is 3. The largest absolute Gasteiger partial charge is 0.510 e. The minimum atomic E-state index is -3.66. The molecule has 8 nitrogen and oxygen atoms in total. The fourth-order valence-corrected chi connectivity index (χ4v) is 6.72. The summed E-state index contributed by atoms with van der Waals surface area (Å²) in [6.07, 6.45) is 6.50. The zero-order valence-electron chi connectivity index (χ0n) is 20.6. The first kappa shape index (κ1) is 23.6. The van der Waals surface area contributed by atoms with Crippen LogP contribution in [0, 0.1) is 6.92 Å². The number of ether oxygens (including phenoxy) is 1. The van der Waals surface area contributed by atoms with Gasteiger partial charge >= 0.3 is 0 Å². The third-order valence-electron chi connectivity index (χ3n) is 7.36. The van der Waals surface area contributed by atoms with Gasteiger partial charge in [-0.15, -0.1) is 0 Å². The number of fused-ring (bicyclic) bond motifs is 4. The molecule has 1 fully saturated rings. The average molecular weight is 497 g/mol. The predicted molar refractivity (Wildman–Crippen MR) is 136 cm³/mol. The number of aliphatic hydroxyl groups excluding tert-OH is 1. The van der Waals surface area contributed by atoms with Crippen LogP contribution < -0.4 is 5.32 Å². The zero-order valence-corrected chi connectivity index (χ0v) is 21.4. The number of hydrogen-bond donors (Lipinski definition) is 2. The maximum Gasteiger partial charge on any atom is 0.239 e. The molecule has 2 N–H and O–H groups in total. The van der Waals surface area contributed by atoms with Crippen LogP contribution in [0.25, 0.3) is 5.69 Å². The highest BCUT2D eigenvalue weighted by molar-refractivity contribution is 7.93. The minimum absolute atomic E-state index is 0.225. The number of benzene rings is 1. The van der Waals surface area contributed by atoms with Gasteiger partial charge in [-0.05, 0) is 69.0 Å². The van der Waals surface area contributed by atoms with Crippen molar-refractivity contribution >= 4 is 15.7 Å². The first-order valence-electron chi connectivity index (χ1n) is 11.9. The molecule has 1 spiro atoms. The number of hydrogen-bond acceptors (Lipinski definition) is 6. The van der Waals surface area contributed by atoms with Crippen LogP contribution >= 0.6 is 0 Å². The molecule has 0 bridgehead atoms. The van der Waals surface area contributed by atoms with E-state index in [1.54, 1.807) is 29.3 Å². The van der Waals surface area contributed by atoms with Crippen LogP contribution in [0.1, 0.15) is 44.4 Å². The van der Waals surface area contributed by atoms with Crippen LogP contribution in [0.15, 0.2) is 71.1 Å². The van der Waals surface area contributed by atoms with Crippen LogP contribution in [0.4, 0.5) is 5.69 Å². The second-order valence-corrected chi connectivity index (χ2v) is 11.6. The van der Waals surface area contributed by atoms with Crippen molar-refractivity contribution in [2.24, 2.45) is 0 Å². The Morgan fingerprint density at radius 2 is 2.00 bits per heavy atom. The van der Waals surface area contributed by atoms with E-state index < -0.39 is 10.0 Å². The summed E-state index contributed by atoms with van der Waals surface area (Å²) in [4.78, 5) is 1.95. The molecule has 0 saturated carbocycles. The van der Waals surface area contributed by atoms with Gasteiger partial charge in [-0.2, -0.15) is 4.31 Å². The molecule has 0 aliphatic carbocycles. The summed E-state index contributed by atoms with van der Waals surface area (Å²) in [5.41, 5.74) is 5.05. The van der Waals surface area contributed by atoms with Gasteiger partial charge in [-0.3, -0.25) is 0 Å². The number of rotatable bonds is 4. The Labute approximate surface area is 206 Å². The first-order chi connectivity index (χ1) is 16.7. The maximum absolute atomic E-state index is 13.5. The molecule has 1 aromatic heterocycles. The number of sulfonamides is 1. The fraction of sp³-hybridized carbons (Fsp3) is 0.385. The van der Waals surface area contributed by atoms with Gasteiger partial charge in [0.2, 0.25) is 15.9 Å². The standard InChI is InChI=1S/C26H32N4O4S/c1-5-21-23(34-25(17-31)28(21)4)16-19(3)35(32,33)29-13-10-26(11-14-29)24-7-6-12-30(24)22-9-8-18(2)15-20(22)27-26/h6-9,12,15-17,27,31H,5,10-11,13-14H2,1-4H3/b19-16+,25-17?. The molecule has 0 amide bonds. The quantitative estimate of drug-likeness (QED) is 0.598. The Balaban J connectivity index is 1.39. The lowest BCUT2D eigenvalue weighted by Gasteiger charge is -2.46. The Kier molecular flexibility index (Phi) is 5.72. The molecule has 35 heavy (non-hydrogen) atoms. The lowest BCUT2D eigenvalue weighted by molar-refractivity contribution is 0.247. The molecule has 4 heterocycles. The Morgan fingerprint density at radius 1 is 1.26 bits per heavy atom. The van der Waals surface area contributed by atoms with Crippen molar-refractivity contribution in [3.05, 3.63) is 82.4 Å². The van der Waals surface area contributed by atoms with Gasteiger partial charge in [0.15, 0.2) is 0 Å². The van der Waals surface area contributed by atoms with Gasteiger partial charge in [-0.1, -0.05) is 13.0 Å². The summed E-state index contributed by atoms with van der Waals surface area (Å²) in [7, 11) is -1.88. The summed E-state index contributed by atoms with van der Waals surface area (Å²) in [6.45, 7) is 6.47. The van der Waals surface area contributed by atoms with Crippen molar-refractivity contribution in [3.8, 4) is 5.69 Å². The lowest BCUT2D eigenvalue weighted by atomic mass is 9.83. The lowest BCUT2D eigenvalue weighted by Crippen LogP contribution is -2.51. The van der Waals surface area contributed by atoms with Crippen molar-refractivity contribution < 1.29 is 18.3 Å². The number of anilines is 1. The van der Waals surface area contributed by atoms with Gasteiger partial charge in [0.25, 0.3) is 0 Å². The van der Waals surface area contributed by atoms with E-state index in [1.807, 2.05) is 6.92 Å². The number of aromatic nitrogens is 1. The van der Waals surface area contributed by atoms with E-state index in [0.717, 1.165) is 23.3 Å². The van der Waals surface area contributed by atoms with Crippen LogP contribution in [-0.2, 0) is 20.3 Å². The van der Waals surface area contributed by atoms with Crippen molar-refractivity contribution in [3.63, 3.8) is 0 Å². The molecule has 3 aliphatic heterocycles. The van der Waals surface area contributed by atoms with Crippen LogP contribution in [-0.4, -0.2) is 47.4 Å². The van der Waals surface area contributed by atoms with E-state index in [4.69, 9.17) is 4.74 Å². The summed E-state index contributed by atoms with van der Waals surface area (Å²) in [5.74, 6) is 0.726. The number of aliphatic hydroxyl groups is 1. The van der Waals surface area contributed by atoms with Gasteiger partial charge in [0.05, 0.1) is 27.5 Å². The maximum atomic E-state index is 13.5. The van der Waals surface area contributed by atoms with Crippen LogP contribution in [0.2, 0.25) is 0 Å². The molecule has 1 saturated heterocycles. The molecule has 186 valence electrons. The highest BCUT2D eigenvalue weighted by Gasteiger charge is 2.44. The molecule has 1 aromatic carbocycles. The third-order valence-corrected chi connectivity index (χ3v) is 9.34. The van der Waals surface area contributed by atoms with Gasteiger partial charge in [0.1, 0.15) is 12.0 Å². The van der Waals surface area contributed by atoms with E-state index in [0.29, 0.717) is 38.1 Å². The number of nitrogens with one attached hydrogen (secondary N) is 1. The molecule has 0 atom stereocenters. The Hall–Kier alpha value is -3.17. The summed E-state index contributed by atoms with van der Waals surface area (Å²) < 4.78 is 36.5. The summed E-state index contributed by atoms with van der Waals surface area (Å²) in [5, 5.41) is 13.2. The van der Waals surface area contributed by atoms with E-state index in [1.165, 1.54) is 11.3 Å². The second-order valence-electron chi connectivity index (χ2n) is 9.44. The van der Waals surface area contributed by atoms with E-state index in [9.17, 15) is 13.5 Å². The van der Waals surface area contributed by atoms with E-state index in [2.05, 4.69) is 53.3 Å². The number of allylic oxidation sites excluding steroid dienone is 3. The smallest absolute Gasteiger partial charge is 0.239 e. The molecule has 2 aromatic rings. The first-order valence-corrected chi connectivity index (χ1v) is 13.4. The highest BCUT2D eigenvalue weighted by Crippen LogP contribution is 2.44. The third kappa shape index (κ3) is 3.73. The molecule has 3 aliphatic rings. The molecular weight excluding hydrogens is 464 g/mol. The highest BCUT2D eigenvalue weighted by atomic mass is 32.2. The van der Waals surface area contributed by atoms with E-state index >= 15 is 0 Å². The SMILES string of the molecule is CCC1=C(/C=C(\C)S(=O)(=O)N2CCC3(CC2)Nc2cc(C)ccc2-n2cccc23)OC(=CO)N1C. The topological polar surface area (TPSA) is 87.0 Å².